The Morgan fingerprint density at radius 1 is 1.44 bits per heavy atom. The summed E-state index contributed by atoms with van der Waals surface area (Å²) in [7, 11) is 0. The Bertz CT molecular complexity index is 464. The number of hydrogen-bond donors (Lipinski definition) is 2. The van der Waals surface area contributed by atoms with Gasteiger partial charge in [0.15, 0.2) is 0 Å². The molecule has 1 fully saturated rings. The highest BCUT2D eigenvalue weighted by atomic mass is 35.5. The predicted molar refractivity (Wildman–Crippen MR) is 70.5 cm³/mol. The molecule has 0 aliphatic heterocycles. The van der Waals surface area contributed by atoms with E-state index in [0.29, 0.717) is 16.4 Å². The van der Waals surface area contributed by atoms with Crippen LogP contribution in [-0.2, 0) is 0 Å². The quantitative estimate of drug-likeness (QED) is 0.882. The van der Waals surface area contributed by atoms with Gasteiger partial charge in [-0.15, -0.1) is 0 Å². The molecular formula is C13H16ClN3O. The number of nitrogens with zero attached hydrogens (tertiary/aromatic N) is 2. The average Bonchev–Trinajstić information content (AvgIpc) is 2.42. The first-order valence-electron chi connectivity index (χ1n) is 6.14. The Morgan fingerprint density at radius 3 is 2.78 bits per heavy atom. The summed E-state index contributed by atoms with van der Waals surface area (Å²) in [4.78, 5) is 4.17. The summed E-state index contributed by atoms with van der Waals surface area (Å²) in [6.45, 7) is 0.0573. The van der Waals surface area contributed by atoms with Gasteiger partial charge >= 0.3 is 0 Å². The molecule has 0 atom stereocenters. The highest BCUT2D eigenvalue weighted by Crippen LogP contribution is 2.33. The minimum atomic E-state index is -0.344. The summed E-state index contributed by atoms with van der Waals surface area (Å²) in [5.74, 6) is 0.492. The third-order valence-electron chi connectivity index (χ3n) is 3.51. The van der Waals surface area contributed by atoms with Crippen LogP contribution < -0.4 is 5.32 Å². The topological polar surface area (TPSA) is 68.9 Å². The Hall–Kier alpha value is -1.31. The van der Waals surface area contributed by atoms with Gasteiger partial charge in [-0.25, -0.2) is 4.98 Å². The molecule has 96 valence electrons. The van der Waals surface area contributed by atoms with Crippen LogP contribution in [0, 0.1) is 11.3 Å². The van der Waals surface area contributed by atoms with Gasteiger partial charge < -0.3 is 10.4 Å². The van der Waals surface area contributed by atoms with Gasteiger partial charge in [-0.2, -0.15) is 5.26 Å². The number of halogens is 1. The van der Waals surface area contributed by atoms with Crippen molar-refractivity contribution in [2.75, 3.05) is 11.9 Å². The molecule has 2 rings (SSSR count). The lowest BCUT2D eigenvalue weighted by molar-refractivity contribution is 0.172. The maximum absolute atomic E-state index is 9.62. The molecular weight excluding hydrogens is 250 g/mol. The number of pyridine rings is 1. The van der Waals surface area contributed by atoms with E-state index in [1.165, 1.54) is 6.42 Å². The van der Waals surface area contributed by atoms with Crippen molar-refractivity contribution in [3.05, 3.63) is 22.8 Å². The van der Waals surface area contributed by atoms with Crippen molar-refractivity contribution < 1.29 is 5.11 Å². The minimum absolute atomic E-state index is 0.0573. The van der Waals surface area contributed by atoms with E-state index in [0.717, 1.165) is 25.7 Å². The summed E-state index contributed by atoms with van der Waals surface area (Å²) in [6.07, 6.45) is 6.73. The zero-order valence-electron chi connectivity index (χ0n) is 10.1. The van der Waals surface area contributed by atoms with E-state index in [1.807, 2.05) is 6.07 Å². The van der Waals surface area contributed by atoms with Gasteiger partial charge in [-0.05, 0) is 18.9 Å². The van der Waals surface area contributed by atoms with Crippen molar-refractivity contribution in [3.63, 3.8) is 0 Å². The van der Waals surface area contributed by atoms with Gasteiger partial charge in [-0.3, -0.25) is 0 Å². The lowest BCUT2D eigenvalue weighted by Gasteiger charge is -2.37. The maximum Gasteiger partial charge on any atom is 0.146 e. The molecule has 4 nitrogen and oxygen atoms in total. The normalized spacial score (nSPS) is 18.1. The van der Waals surface area contributed by atoms with E-state index in [1.54, 1.807) is 12.3 Å². The number of aliphatic hydroxyl groups is 1. The van der Waals surface area contributed by atoms with Crippen LogP contribution >= 0.6 is 11.6 Å². The predicted octanol–water partition coefficient (Wildman–Crippen LogP) is 2.71. The number of anilines is 1. The van der Waals surface area contributed by atoms with Crippen LogP contribution in [0.4, 0.5) is 5.82 Å². The summed E-state index contributed by atoms with van der Waals surface area (Å²) in [5.41, 5.74) is 0.0567. The molecule has 0 radical (unpaired) electrons. The molecule has 1 aliphatic carbocycles. The smallest absolute Gasteiger partial charge is 0.146 e. The molecule has 1 aromatic heterocycles. The molecule has 5 heteroatoms. The fourth-order valence-electron chi connectivity index (χ4n) is 2.42. The third-order valence-corrected chi connectivity index (χ3v) is 3.89. The van der Waals surface area contributed by atoms with Gasteiger partial charge in [0.25, 0.3) is 0 Å². The molecule has 0 saturated heterocycles. The molecule has 1 aromatic rings. The number of rotatable bonds is 3. The van der Waals surface area contributed by atoms with E-state index in [2.05, 4.69) is 10.3 Å². The van der Waals surface area contributed by atoms with E-state index in [-0.39, 0.29) is 12.1 Å². The molecule has 1 heterocycles. The van der Waals surface area contributed by atoms with Crippen LogP contribution in [-0.4, -0.2) is 22.2 Å². The minimum Gasteiger partial charge on any atom is -0.394 e. The van der Waals surface area contributed by atoms with Crippen LogP contribution in [0.5, 0.6) is 0 Å². The van der Waals surface area contributed by atoms with E-state index < -0.39 is 0 Å². The summed E-state index contributed by atoms with van der Waals surface area (Å²) in [5, 5.41) is 22.1. The van der Waals surface area contributed by atoms with Crippen molar-refractivity contribution in [1.82, 2.24) is 4.98 Å². The number of hydrogen-bond acceptors (Lipinski definition) is 4. The second-order valence-corrected chi connectivity index (χ2v) is 5.13. The Balaban J connectivity index is 2.25. The summed E-state index contributed by atoms with van der Waals surface area (Å²) >= 11 is 6.12. The van der Waals surface area contributed by atoms with Crippen LogP contribution in [0.1, 0.15) is 37.7 Å². The molecule has 0 unspecified atom stereocenters. The fraction of sp³-hybridized carbons (Fsp3) is 0.538. The summed E-state index contributed by atoms with van der Waals surface area (Å²) in [6, 6.07) is 3.61. The second kappa shape index (κ2) is 5.55. The average molecular weight is 266 g/mol. The second-order valence-electron chi connectivity index (χ2n) is 4.76. The fourth-order valence-corrected chi connectivity index (χ4v) is 2.62. The molecule has 18 heavy (non-hydrogen) atoms. The van der Waals surface area contributed by atoms with E-state index >= 15 is 0 Å². The highest BCUT2D eigenvalue weighted by Gasteiger charge is 2.32. The zero-order valence-corrected chi connectivity index (χ0v) is 10.9. The number of nitriles is 1. The van der Waals surface area contributed by atoms with E-state index in [9.17, 15) is 5.11 Å². The number of aromatic nitrogens is 1. The van der Waals surface area contributed by atoms with Crippen LogP contribution in [0.15, 0.2) is 12.3 Å². The standard InChI is InChI=1S/C13H16ClN3O/c14-11-10(8-15)4-7-16-12(11)17-13(9-18)5-2-1-3-6-13/h4,7,18H,1-3,5-6,9H2,(H,16,17). The molecule has 2 N–H and O–H groups in total. The van der Waals surface area contributed by atoms with Crippen molar-refractivity contribution >= 4 is 17.4 Å². The van der Waals surface area contributed by atoms with Gasteiger partial charge in [-0.1, -0.05) is 30.9 Å². The maximum atomic E-state index is 9.62. The molecule has 0 aromatic carbocycles. The van der Waals surface area contributed by atoms with Crippen LogP contribution in [0.3, 0.4) is 0 Å². The van der Waals surface area contributed by atoms with Crippen molar-refractivity contribution in [2.45, 2.75) is 37.6 Å². The van der Waals surface area contributed by atoms with Gasteiger partial charge in [0.1, 0.15) is 16.9 Å². The van der Waals surface area contributed by atoms with Gasteiger partial charge in [0, 0.05) is 6.20 Å². The Labute approximate surface area is 112 Å². The molecule has 1 saturated carbocycles. The van der Waals surface area contributed by atoms with Crippen molar-refractivity contribution in [3.8, 4) is 6.07 Å². The van der Waals surface area contributed by atoms with Crippen LogP contribution in [0.2, 0.25) is 5.02 Å². The first kappa shape index (κ1) is 13.1. The largest absolute Gasteiger partial charge is 0.394 e. The van der Waals surface area contributed by atoms with Crippen molar-refractivity contribution in [1.29, 1.82) is 5.26 Å². The first-order valence-corrected chi connectivity index (χ1v) is 6.52. The zero-order chi connectivity index (χ0) is 13.0. The lowest BCUT2D eigenvalue weighted by Crippen LogP contribution is -2.44. The van der Waals surface area contributed by atoms with Gasteiger partial charge in [0.05, 0.1) is 17.7 Å². The molecule has 0 spiro atoms. The highest BCUT2D eigenvalue weighted by molar-refractivity contribution is 6.34. The van der Waals surface area contributed by atoms with E-state index in [4.69, 9.17) is 16.9 Å². The summed E-state index contributed by atoms with van der Waals surface area (Å²) < 4.78 is 0. The number of nitrogens with one attached hydrogen (secondary N) is 1. The first-order chi connectivity index (χ1) is 8.71. The van der Waals surface area contributed by atoms with Crippen LogP contribution in [0.25, 0.3) is 0 Å². The monoisotopic (exact) mass is 265 g/mol. The number of aliphatic hydroxyl groups excluding tert-OH is 1. The molecule has 0 bridgehead atoms. The van der Waals surface area contributed by atoms with Crippen molar-refractivity contribution in [2.24, 2.45) is 0 Å². The molecule has 0 amide bonds. The lowest BCUT2D eigenvalue weighted by atomic mass is 9.82. The third kappa shape index (κ3) is 2.58. The Kier molecular flexibility index (Phi) is 4.05. The molecule has 1 aliphatic rings. The Morgan fingerprint density at radius 2 is 2.17 bits per heavy atom. The van der Waals surface area contributed by atoms with Gasteiger partial charge in [0.2, 0.25) is 0 Å². The SMILES string of the molecule is N#Cc1ccnc(NC2(CO)CCCCC2)c1Cl.